The molecule has 2 aromatic rings. The fraction of sp³-hybridized carbons (Fsp3) is 0.0909. The van der Waals surface area contributed by atoms with Gasteiger partial charge in [-0.3, -0.25) is 0 Å². The van der Waals surface area contributed by atoms with Crippen molar-refractivity contribution < 1.29 is 4.39 Å². The molecular weight excluding hydrogens is 179 g/mol. The summed E-state index contributed by atoms with van der Waals surface area (Å²) in [6.07, 6.45) is 6.30. The zero-order valence-electron chi connectivity index (χ0n) is 7.71. The molecule has 0 saturated carbocycles. The third kappa shape index (κ3) is 1.99. The number of hydrogen-bond acceptors (Lipinski definition) is 1. The Morgan fingerprint density at radius 2 is 2.21 bits per heavy atom. The van der Waals surface area contributed by atoms with Gasteiger partial charge in [-0.1, -0.05) is 6.07 Å². The highest BCUT2D eigenvalue weighted by Gasteiger charge is 2.02. The number of aromatic nitrogens is 2. The molecule has 0 spiro atoms. The van der Waals surface area contributed by atoms with Gasteiger partial charge in [0.2, 0.25) is 0 Å². The summed E-state index contributed by atoms with van der Waals surface area (Å²) in [7, 11) is 0. The number of rotatable bonds is 2. The molecule has 1 aromatic heterocycles. The topological polar surface area (TPSA) is 28.7 Å². The third-order valence-corrected chi connectivity index (χ3v) is 1.80. The van der Waals surface area contributed by atoms with Crippen LogP contribution in [0.2, 0.25) is 0 Å². The summed E-state index contributed by atoms with van der Waals surface area (Å²) < 4.78 is 13.0. The molecule has 2 rings (SSSR count). The van der Waals surface area contributed by atoms with Crippen LogP contribution in [0.15, 0.2) is 30.6 Å². The molecule has 0 amide bonds. The minimum atomic E-state index is -0.251. The average molecular weight is 188 g/mol. The predicted molar refractivity (Wildman–Crippen MR) is 51.2 cm³/mol. The number of imidazole rings is 1. The van der Waals surface area contributed by atoms with E-state index in [1.165, 1.54) is 12.1 Å². The quantitative estimate of drug-likeness (QED) is 0.769. The highest BCUT2D eigenvalue weighted by molar-refractivity contribution is 5.33. The lowest BCUT2D eigenvalue weighted by molar-refractivity contribution is 0.625. The summed E-state index contributed by atoms with van der Waals surface area (Å²) in [4.78, 5) is 6.86. The molecule has 14 heavy (non-hydrogen) atoms. The standard InChI is InChI=1S/C11H9FN2/c1-8-4-9(6-10(12)5-8)7-11-13-2-3-14-11/h2-6H,1H3,(H,13,14). The Hall–Kier alpha value is -1.64. The van der Waals surface area contributed by atoms with E-state index in [0.717, 1.165) is 5.56 Å². The molecule has 0 fully saturated rings. The van der Waals surface area contributed by atoms with Gasteiger partial charge in [0, 0.05) is 12.4 Å². The number of halogens is 1. The van der Waals surface area contributed by atoms with Crippen molar-refractivity contribution in [3.63, 3.8) is 0 Å². The van der Waals surface area contributed by atoms with Crippen molar-refractivity contribution in [3.05, 3.63) is 59.8 Å². The smallest absolute Gasteiger partial charge is 0.123 e. The van der Waals surface area contributed by atoms with Gasteiger partial charge in [-0.05, 0) is 30.2 Å². The van der Waals surface area contributed by atoms with Gasteiger partial charge in [0.05, 0.1) is 6.42 Å². The lowest BCUT2D eigenvalue weighted by atomic mass is 10.1. The van der Waals surface area contributed by atoms with Gasteiger partial charge in [-0.25, -0.2) is 9.37 Å². The lowest BCUT2D eigenvalue weighted by Crippen LogP contribution is -1.90. The van der Waals surface area contributed by atoms with Gasteiger partial charge in [-0.2, -0.15) is 0 Å². The second-order valence-electron chi connectivity index (χ2n) is 3.08. The number of benzene rings is 1. The molecule has 0 aliphatic heterocycles. The molecule has 0 unspecified atom stereocenters. The number of nitrogens with zero attached hydrogens (tertiary/aromatic N) is 1. The van der Waals surface area contributed by atoms with Crippen LogP contribution in [0.1, 0.15) is 17.0 Å². The number of H-pyrrole nitrogens is 1. The number of hydrogen-bond donors (Lipinski definition) is 1. The zero-order valence-corrected chi connectivity index (χ0v) is 7.71. The van der Waals surface area contributed by atoms with E-state index >= 15 is 0 Å². The summed E-state index contributed by atoms with van der Waals surface area (Å²) in [5.74, 6) is 0.356. The molecule has 0 bridgehead atoms. The summed E-state index contributed by atoms with van der Waals surface area (Å²) in [6.45, 7) is 1.84. The van der Waals surface area contributed by atoms with Gasteiger partial charge in [0.25, 0.3) is 0 Å². The maximum absolute atomic E-state index is 13.0. The Balaban J connectivity index is 2.25. The van der Waals surface area contributed by atoms with E-state index in [1.807, 2.05) is 13.0 Å². The van der Waals surface area contributed by atoms with Crippen LogP contribution in [0, 0.1) is 19.2 Å². The van der Waals surface area contributed by atoms with Crippen molar-refractivity contribution in [2.24, 2.45) is 0 Å². The monoisotopic (exact) mass is 188 g/mol. The maximum Gasteiger partial charge on any atom is 0.123 e. The van der Waals surface area contributed by atoms with E-state index in [2.05, 4.69) is 16.4 Å². The number of aryl methyl sites for hydroxylation is 1. The van der Waals surface area contributed by atoms with Gasteiger partial charge < -0.3 is 4.98 Å². The third-order valence-electron chi connectivity index (χ3n) is 1.80. The van der Waals surface area contributed by atoms with E-state index < -0.39 is 0 Å². The van der Waals surface area contributed by atoms with Crippen molar-refractivity contribution in [2.45, 2.75) is 6.92 Å². The summed E-state index contributed by atoms with van der Waals surface area (Å²) in [5, 5.41) is 0. The summed E-state index contributed by atoms with van der Waals surface area (Å²) >= 11 is 0. The molecule has 1 heterocycles. The highest BCUT2D eigenvalue weighted by atomic mass is 19.1. The first-order valence-electron chi connectivity index (χ1n) is 4.27. The normalized spacial score (nSPS) is 10.4. The van der Waals surface area contributed by atoms with Crippen molar-refractivity contribution >= 4 is 0 Å². The second-order valence-corrected chi connectivity index (χ2v) is 3.08. The molecule has 0 aliphatic rings. The van der Waals surface area contributed by atoms with E-state index in [4.69, 9.17) is 0 Å². The van der Waals surface area contributed by atoms with Crippen molar-refractivity contribution in [2.75, 3.05) is 0 Å². The first kappa shape index (κ1) is 8.94. The Labute approximate surface area is 81.8 Å². The lowest BCUT2D eigenvalue weighted by Gasteiger charge is -1.99. The van der Waals surface area contributed by atoms with E-state index in [1.54, 1.807) is 12.4 Å². The Bertz CT molecular complexity index is 401. The van der Waals surface area contributed by atoms with Crippen LogP contribution in [-0.4, -0.2) is 9.97 Å². The van der Waals surface area contributed by atoms with Crippen LogP contribution in [-0.2, 0) is 0 Å². The van der Waals surface area contributed by atoms with Crippen molar-refractivity contribution in [1.82, 2.24) is 9.97 Å². The minimum Gasteiger partial charge on any atom is -0.348 e. The highest BCUT2D eigenvalue weighted by Crippen LogP contribution is 2.12. The fourth-order valence-electron chi connectivity index (χ4n) is 1.28. The van der Waals surface area contributed by atoms with Crippen LogP contribution in [0.4, 0.5) is 4.39 Å². The molecule has 2 radical (unpaired) electrons. The Morgan fingerprint density at radius 1 is 1.36 bits per heavy atom. The average Bonchev–Trinajstić information content (AvgIpc) is 2.54. The van der Waals surface area contributed by atoms with Crippen LogP contribution < -0.4 is 0 Å². The van der Waals surface area contributed by atoms with Gasteiger partial charge in [0.1, 0.15) is 11.6 Å². The zero-order chi connectivity index (χ0) is 9.97. The molecule has 70 valence electrons. The van der Waals surface area contributed by atoms with Crippen molar-refractivity contribution in [3.8, 4) is 0 Å². The first-order chi connectivity index (χ1) is 6.74. The fourth-order valence-corrected chi connectivity index (χ4v) is 1.28. The molecule has 0 saturated heterocycles. The maximum atomic E-state index is 13.0. The molecule has 0 atom stereocenters. The predicted octanol–water partition coefficient (Wildman–Crippen LogP) is 2.33. The largest absolute Gasteiger partial charge is 0.348 e. The van der Waals surface area contributed by atoms with Crippen LogP contribution in [0.25, 0.3) is 0 Å². The number of aromatic amines is 1. The molecular formula is C11H9FN2. The van der Waals surface area contributed by atoms with E-state index in [0.29, 0.717) is 11.4 Å². The molecule has 0 aliphatic carbocycles. The SMILES string of the molecule is Cc1cc(F)cc([C]c2ncc[nH]2)c1. The van der Waals surface area contributed by atoms with Gasteiger partial charge >= 0.3 is 0 Å². The van der Waals surface area contributed by atoms with E-state index in [9.17, 15) is 4.39 Å². The minimum absolute atomic E-state index is 0.251. The summed E-state index contributed by atoms with van der Waals surface area (Å²) in [6, 6.07) is 4.76. The molecule has 1 aromatic carbocycles. The van der Waals surface area contributed by atoms with E-state index in [-0.39, 0.29) is 5.82 Å². The van der Waals surface area contributed by atoms with Gasteiger partial charge in [0.15, 0.2) is 0 Å². The number of nitrogens with one attached hydrogen (secondary N) is 1. The first-order valence-corrected chi connectivity index (χ1v) is 4.27. The van der Waals surface area contributed by atoms with Gasteiger partial charge in [-0.15, -0.1) is 0 Å². The molecule has 3 heteroatoms. The van der Waals surface area contributed by atoms with Crippen LogP contribution in [0.5, 0.6) is 0 Å². The Kier molecular flexibility index (Phi) is 2.31. The van der Waals surface area contributed by atoms with Crippen LogP contribution in [0.3, 0.4) is 0 Å². The van der Waals surface area contributed by atoms with Crippen molar-refractivity contribution in [1.29, 1.82) is 0 Å². The molecule has 2 nitrogen and oxygen atoms in total. The summed E-state index contributed by atoms with van der Waals surface area (Å²) in [5.41, 5.74) is 1.57. The Morgan fingerprint density at radius 3 is 2.86 bits per heavy atom. The molecule has 1 N–H and O–H groups in total. The second kappa shape index (κ2) is 3.62. The van der Waals surface area contributed by atoms with Crippen LogP contribution >= 0.6 is 0 Å².